The summed E-state index contributed by atoms with van der Waals surface area (Å²) in [5.41, 5.74) is 7.40. The molecular weight excluding hydrogens is 308 g/mol. The first kappa shape index (κ1) is 18.0. The molecule has 0 unspecified atom stereocenters. The van der Waals surface area contributed by atoms with E-state index >= 15 is 0 Å². The number of carbonyl (C=O) groups is 3. The number of primary amides is 1. The molecule has 2 N–H and O–H groups in total. The van der Waals surface area contributed by atoms with Gasteiger partial charge in [0.1, 0.15) is 11.6 Å². The van der Waals surface area contributed by atoms with Gasteiger partial charge < -0.3 is 15.4 Å². The topological polar surface area (TPSA) is 89.7 Å². The van der Waals surface area contributed by atoms with E-state index in [-0.39, 0.29) is 18.7 Å². The second-order valence-electron chi connectivity index (χ2n) is 7.14. The zero-order chi connectivity index (χ0) is 18.1. The Morgan fingerprint density at radius 3 is 2.58 bits per heavy atom. The molecule has 1 atom stereocenters. The standard InChI is InChI=1S/C18H24N2O4/c1-11-5-6-13-12(9-11)10-20(17(13)23)14(16(19)22)7-8-15(21)24-18(2,3)4/h5-6,9,14H,7-8,10H2,1-4H3,(H2,19,22)/t14-/m0/s1. The molecule has 0 spiro atoms. The highest BCUT2D eigenvalue weighted by atomic mass is 16.6. The highest BCUT2D eigenvalue weighted by Crippen LogP contribution is 2.27. The van der Waals surface area contributed by atoms with Crippen LogP contribution in [0.15, 0.2) is 18.2 Å². The number of fused-ring (bicyclic) bond motifs is 1. The van der Waals surface area contributed by atoms with Crippen LogP contribution in [0.3, 0.4) is 0 Å². The molecule has 0 aromatic heterocycles. The van der Waals surface area contributed by atoms with Gasteiger partial charge in [0.15, 0.2) is 0 Å². The van der Waals surface area contributed by atoms with Gasteiger partial charge in [0.05, 0.1) is 0 Å². The lowest BCUT2D eigenvalue weighted by atomic mass is 10.1. The Bertz CT molecular complexity index is 676. The van der Waals surface area contributed by atoms with Gasteiger partial charge in [0.25, 0.3) is 5.91 Å². The lowest BCUT2D eigenvalue weighted by Crippen LogP contribution is -2.45. The molecule has 2 rings (SSSR count). The minimum atomic E-state index is -0.822. The Morgan fingerprint density at radius 2 is 2.00 bits per heavy atom. The number of nitrogens with two attached hydrogens (primary N) is 1. The Morgan fingerprint density at radius 1 is 1.33 bits per heavy atom. The third kappa shape index (κ3) is 4.13. The third-order valence-electron chi connectivity index (χ3n) is 3.84. The van der Waals surface area contributed by atoms with Crippen molar-refractivity contribution in [2.24, 2.45) is 5.73 Å². The van der Waals surface area contributed by atoms with Crippen molar-refractivity contribution in [3.8, 4) is 0 Å². The highest BCUT2D eigenvalue weighted by Gasteiger charge is 2.35. The zero-order valence-corrected chi connectivity index (χ0v) is 14.6. The van der Waals surface area contributed by atoms with Crippen molar-refractivity contribution in [1.82, 2.24) is 4.90 Å². The second-order valence-corrected chi connectivity index (χ2v) is 7.14. The van der Waals surface area contributed by atoms with Crippen LogP contribution in [0.25, 0.3) is 0 Å². The predicted molar refractivity (Wildman–Crippen MR) is 89.1 cm³/mol. The first-order chi connectivity index (χ1) is 11.1. The van der Waals surface area contributed by atoms with E-state index in [1.165, 1.54) is 4.90 Å². The second kappa shape index (κ2) is 6.63. The molecule has 0 saturated carbocycles. The van der Waals surface area contributed by atoms with Crippen LogP contribution in [0.4, 0.5) is 0 Å². The van der Waals surface area contributed by atoms with Crippen LogP contribution in [0, 0.1) is 6.92 Å². The molecule has 0 fully saturated rings. The van der Waals surface area contributed by atoms with Gasteiger partial charge in [0, 0.05) is 18.5 Å². The molecule has 1 aliphatic heterocycles. The fourth-order valence-electron chi connectivity index (χ4n) is 2.82. The molecule has 1 heterocycles. The van der Waals surface area contributed by atoms with Crippen molar-refractivity contribution in [2.45, 2.75) is 58.7 Å². The van der Waals surface area contributed by atoms with E-state index in [2.05, 4.69) is 0 Å². The number of nitrogens with zero attached hydrogens (tertiary/aromatic N) is 1. The van der Waals surface area contributed by atoms with Crippen LogP contribution in [0.5, 0.6) is 0 Å². The lowest BCUT2D eigenvalue weighted by Gasteiger charge is -2.25. The molecule has 24 heavy (non-hydrogen) atoms. The minimum absolute atomic E-state index is 0.0318. The van der Waals surface area contributed by atoms with Gasteiger partial charge in [-0.3, -0.25) is 14.4 Å². The third-order valence-corrected chi connectivity index (χ3v) is 3.84. The molecule has 130 valence electrons. The molecule has 1 aliphatic rings. The molecule has 0 saturated heterocycles. The molecular formula is C18H24N2O4. The quantitative estimate of drug-likeness (QED) is 0.834. The fourth-order valence-corrected chi connectivity index (χ4v) is 2.82. The van der Waals surface area contributed by atoms with Crippen molar-refractivity contribution < 1.29 is 19.1 Å². The normalized spacial score (nSPS) is 15.2. The monoisotopic (exact) mass is 332 g/mol. The molecule has 1 aromatic rings. The maximum Gasteiger partial charge on any atom is 0.306 e. The first-order valence-corrected chi connectivity index (χ1v) is 8.00. The van der Waals surface area contributed by atoms with E-state index in [0.717, 1.165) is 11.1 Å². The average Bonchev–Trinajstić information content (AvgIpc) is 2.73. The SMILES string of the molecule is Cc1ccc2c(c1)CN([C@@H](CCC(=O)OC(C)(C)C)C(N)=O)C2=O. The van der Waals surface area contributed by atoms with Gasteiger partial charge >= 0.3 is 5.97 Å². The van der Waals surface area contributed by atoms with Gasteiger partial charge in [0.2, 0.25) is 5.91 Å². The smallest absolute Gasteiger partial charge is 0.306 e. The maximum atomic E-state index is 12.5. The Kier molecular flexibility index (Phi) is 4.96. The largest absolute Gasteiger partial charge is 0.460 e. The number of amides is 2. The van der Waals surface area contributed by atoms with Crippen LogP contribution >= 0.6 is 0 Å². The van der Waals surface area contributed by atoms with Gasteiger partial charge in [-0.25, -0.2) is 0 Å². The lowest BCUT2D eigenvalue weighted by molar-refractivity contribution is -0.155. The number of carbonyl (C=O) groups excluding carboxylic acids is 3. The number of rotatable bonds is 5. The molecule has 0 bridgehead atoms. The van der Waals surface area contributed by atoms with Gasteiger partial charge in [-0.05, 0) is 45.7 Å². The van der Waals surface area contributed by atoms with Crippen molar-refractivity contribution >= 4 is 17.8 Å². The van der Waals surface area contributed by atoms with Crippen molar-refractivity contribution in [2.75, 3.05) is 0 Å². The summed E-state index contributed by atoms with van der Waals surface area (Å²) in [5, 5.41) is 0. The summed E-state index contributed by atoms with van der Waals surface area (Å²) in [7, 11) is 0. The summed E-state index contributed by atoms with van der Waals surface area (Å²) in [6.45, 7) is 7.61. The Hall–Kier alpha value is -2.37. The van der Waals surface area contributed by atoms with E-state index in [4.69, 9.17) is 10.5 Å². The van der Waals surface area contributed by atoms with Crippen molar-refractivity contribution in [3.63, 3.8) is 0 Å². The molecule has 1 aromatic carbocycles. The van der Waals surface area contributed by atoms with Crippen LogP contribution in [0.2, 0.25) is 0 Å². The Balaban J connectivity index is 2.08. The van der Waals surface area contributed by atoms with E-state index in [9.17, 15) is 14.4 Å². The van der Waals surface area contributed by atoms with E-state index in [1.807, 2.05) is 19.1 Å². The average molecular weight is 332 g/mol. The number of esters is 1. The molecule has 6 heteroatoms. The Labute approximate surface area is 142 Å². The number of aryl methyl sites for hydroxylation is 1. The van der Waals surface area contributed by atoms with Crippen molar-refractivity contribution in [3.05, 3.63) is 34.9 Å². The molecule has 6 nitrogen and oxygen atoms in total. The first-order valence-electron chi connectivity index (χ1n) is 8.00. The summed E-state index contributed by atoms with van der Waals surface area (Å²) in [6, 6.07) is 4.73. The van der Waals surface area contributed by atoms with Crippen LogP contribution in [-0.2, 0) is 20.9 Å². The summed E-state index contributed by atoms with van der Waals surface area (Å²) in [6.07, 6.45) is 0.187. The van der Waals surface area contributed by atoms with Gasteiger partial charge in [-0.2, -0.15) is 0 Å². The van der Waals surface area contributed by atoms with E-state index in [0.29, 0.717) is 12.1 Å². The summed E-state index contributed by atoms with van der Waals surface area (Å²) in [5.74, 6) is -1.25. The number of benzene rings is 1. The van der Waals surface area contributed by atoms with Crippen LogP contribution in [-0.4, -0.2) is 34.3 Å². The van der Waals surface area contributed by atoms with Crippen LogP contribution < -0.4 is 5.73 Å². The minimum Gasteiger partial charge on any atom is -0.460 e. The van der Waals surface area contributed by atoms with E-state index in [1.54, 1.807) is 26.8 Å². The molecule has 2 amide bonds. The zero-order valence-electron chi connectivity index (χ0n) is 14.6. The number of hydrogen-bond donors (Lipinski definition) is 1. The highest BCUT2D eigenvalue weighted by molar-refractivity contribution is 6.01. The maximum absolute atomic E-state index is 12.5. The van der Waals surface area contributed by atoms with E-state index < -0.39 is 23.5 Å². The summed E-state index contributed by atoms with van der Waals surface area (Å²) >= 11 is 0. The molecule has 0 radical (unpaired) electrons. The number of ether oxygens (including phenoxy) is 1. The van der Waals surface area contributed by atoms with Crippen LogP contribution in [0.1, 0.15) is 55.1 Å². The van der Waals surface area contributed by atoms with Gasteiger partial charge in [-0.1, -0.05) is 17.7 Å². The predicted octanol–water partition coefficient (Wildman–Crippen LogP) is 1.93. The number of hydrogen-bond acceptors (Lipinski definition) is 4. The molecule has 0 aliphatic carbocycles. The van der Waals surface area contributed by atoms with Crippen molar-refractivity contribution in [1.29, 1.82) is 0 Å². The van der Waals surface area contributed by atoms with Gasteiger partial charge in [-0.15, -0.1) is 0 Å². The fraction of sp³-hybridized carbons (Fsp3) is 0.500. The summed E-state index contributed by atoms with van der Waals surface area (Å²) < 4.78 is 5.24. The summed E-state index contributed by atoms with van der Waals surface area (Å²) in [4.78, 5) is 37.7.